The highest BCUT2D eigenvalue weighted by atomic mass is 127. The Morgan fingerprint density at radius 3 is 2.70 bits per heavy atom. The molecule has 1 aromatic carbocycles. The third kappa shape index (κ3) is 6.59. The van der Waals surface area contributed by atoms with Crippen molar-refractivity contribution >= 4 is 58.4 Å². The first kappa shape index (κ1) is 23.9. The molecule has 11 heteroatoms. The average molecular weight is 545 g/mol. The Hall–Kier alpha value is -2.34. The Morgan fingerprint density at radius 2 is 1.97 bits per heavy atom. The molecule has 0 aliphatic heterocycles. The van der Waals surface area contributed by atoms with Crippen molar-refractivity contribution in [3.05, 3.63) is 41.8 Å². The Balaban J connectivity index is 0.00000320. The number of fused-ring (bicyclic) bond motifs is 1. The SMILES string of the molecule is CN=C(NCCNc1ncnc2c1cnn2C)NCC(C)Oc1ccc(Cl)cc1.I. The largest absolute Gasteiger partial charge is 0.489 e. The van der Waals surface area contributed by atoms with Crippen LogP contribution in [0.2, 0.25) is 5.02 Å². The molecule has 0 bridgehead atoms. The van der Waals surface area contributed by atoms with Crippen molar-refractivity contribution in [2.45, 2.75) is 13.0 Å². The van der Waals surface area contributed by atoms with Gasteiger partial charge in [-0.1, -0.05) is 11.6 Å². The van der Waals surface area contributed by atoms with E-state index in [1.807, 2.05) is 26.1 Å². The number of aromatic nitrogens is 4. The number of anilines is 1. The smallest absolute Gasteiger partial charge is 0.191 e. The Labute approximate surface area is 197 Å². The van der Waals surface area contributed by atoms with Crippen molar-refractivity contribution in [3.63, 3.8) is 0 Å². The van der Waals surface area contributed by atoms with Crippen LogP contribution in [-0.4, -0.2) is 58.5 Å². The predicted molar refractivity (Wildman–Crippen MR) is 131 cm³/mol. The first-order valence-electron chi connectivity index (χ1n) is 9.30. The van der Waals surface area contributed by atoms with Crippen molar-refractivity contribution in [3.8, 4) is 5.75 Å². The maximum atomic E-state index is 5.89. The van der Waals surface area contributed by atoms with Crippen LogP contribution in [0.15, 0.2) is 41.8 Å². The molecule has 0 aliphatic rings. The number of hydrogen-bond donors (Lipinski definition) is 3. The number of benzene rings is 1. The summed E-state index contributed by atoms with van der Waals surface area (Å²) in [6.45, 7) is 3.93. The molecular formula is C19H26ClIN8O. The van der Waals surface area contributed by atoms with Gasteiger partial charge in [-0.05, 0) is 31.2 Å². The number of rotatable bonds is 8. The number of aliphatic imine (C=N–C) groups is 1. The van der Waals surface area contributed by atoms with E-state index in [-0.39, 0.29) is 30.1 Å². The van der Waals surface area contributed by atoms with Crippen LogP contribution in [0, 0.1) is 0 Å². The molecule has 3 aromatic rings. The second-order valence-corrected chi connectivity index (χ2v) is 6.85. The van der Waals surface area contributed by atoms with Gasteiger partial charge in [-0.3, -0.25) is 9.67 Å². The summed E-state index contributed by atoms with van der Waals surface area (Å²) in [4.78, 5) is 12.8. The minimum atomic E-state index is -0.0345. The lowest BCUT2D eigenvalue weighted by molar-refractivity contribution is 0.224. The molecule has 162 valence electrons. The second-order valence-electron chi connectivity index (χ2n) is 6.42. The van der Waals surface area contributed by atoms with Crippen molar-refractivity contribution in [2.75, 3.05) is 32.0 Å². The average Bonchev–Trinajstić information content (AvgIpc) is 3.11. The molecule has 3 N–H and O–H groups in total. The molecule has 1 unspecified atom stereocenters. The maximum absolute atomic E-state index is 5.89. The molecule has 0 radical (unpaired) electrons. The zero-order valence-corrected chi connectivity index (χ0v) is 20.2. The first-order valence-corrected chi connectivity index (χ1v) is 9.68. The molecule has 0 saturated carbocycles. The van der Waals surface area contributed by atoms with E-state index < -0.39 is 0 Å². The summed E-state index contributed by atoms with van der Waals surface area (Å²) in [5.74, 6) is 2.24. The Kier molecular flexibility index (Phi) is 9.37. The Morgan fingerprint density at radius 1 is 1.20 bits per heavy atom. The highest BCUT2D eigenvalue weighted by molar-refractivity contribution is 14.0. The molecule has 2 heterocycles. The lowest BCUT2D eigenvalue weighted by atomic mass is 10.3. The summed E-state index contributed by atoms with van der Waals surface area (Å²) < 4.78 is 7.57. The van der Waals surface area contributed by atoms with Gasteiger partial charge in [0.1, 0.15) is 24.0 Å². The van der Waals surface area contributed by atoms with Gasteiger partial charge in [0.05, 0.1) is 18.1 Å². The second kappa shape index (κ2) is 11.7. The van der Waals surface area contributed by atoms with Crippen LogP contribution in [-0.2, 0) is 7.05 Å². The molecule has 0 fully saturated rings. The van der Waals surface area contributed by atoms with Crippen molar-refractivity contribution in [2.24, 2.45) is 12.0 Å². The van der Waals surface area contributed by atoms with Gasteiger partial charge in [-0.15, -0.1) is 24.0 Å². The fraction of sp³-hybridized carbons (Fsp3) is 0.368. The highest BCUT2D eigenvalue weighted by Gasteiger charge is 2.08. The molecule has 0 saturated heterocycles. The lowest BCUT2D eigenvalue weighted by Gasteiger charge is -2.18. The van der Waals surface area contributed by atoms with Gasteiger partial charge >= 0.3 is 0 Å². The zero-order chi connectivity index (χ0) is 20.6. The third-order valence-corrected chi connectivity index (χ3v) is 4.42. The number of guanidine groups is 1. The molecular weight excluding hydrogens is 519 g/mol. The number of halogens is 2. The van der Waals surface area contributed by atoms with E-state index in [9.17, 15) is 0 Å². The molecule has 0 amide bonds. The monoisotopic (exact) mass is 544 g/mol. The Bertz CT molecular complexity index is 963. The summed E-state index contributed by atoms with van der Waals surface area (Å²) in [5.41, 5.74) is 0.794. The van der Waals surface area contributed by atoms with Gasteiger partial charge in [0, 0.05) is 32.2 Å². The lowest BCUT2D eigenvalue weighted by Crippen LogP contribution is -2.43. The quantitative estimate of drug-likeness (QED) is 0.173. The van der Waals surface area contributed by atoms with Gasteiger partial charge in [-0.2, -0.15) is 5.10 Å². The number of hydrogen-bond acceptors (Lipinski definition) is 6. The minimum Gasteiger partial charge on any atom is -0.489 e. The molecule has 1 atom stereocenters. The van der Waals surface area contributed by atoms with Crippen LogP contribution in [0.3, 0.4) is 0 Å². The van der Waals surface area contributed by atoms with Crippen LogP contribution >= 0.6 is 35.6 Å². The summed E-state index contributed by atoms with van der Waals surface area (Å²) in [6.07, 6.45) is 3.25. The van der Waals surface area contributed by atoms with Crippen molar-refractivity contribution < 1.29 is 4.74 Å². The van der Waals surface area contributed by atoms with Crippen LogP contribution in [0.1, 0.15) is 6.92 Å². The number of aryl methyl sites for hydroxylation is 1. The maximum Gasteiger partial charge on any atom is 0.191 e. The summed E-state index contributed by atoms with van der Waals surface area (Å²) >= 11 is 5.89. The number of nitrogens with one attached hydrogen (secondary N) is 3. The summed E-state index contributed by atoms with van der Waals surface area (Å²) in [7, 11) is 3.59. The molecule has 0 spiro atoms. The van der Waals surface area contributed by atoms with Crippen LogP contribution < -0.4 is 20.7 Å². The zero-order valence-electron chi connectivity index (χ0n) is 17.1. The van der Waals surface area contributed by atoms with E-state index >= 15 is 0 Å². The summed E-state index contributed by atoms with van der Waals surface area (Å²) in [6, 6.07) is 7.32. The minimum absolute atomic E-state index is 0. The van der Waals surface area contributed by atoms with Crippen LogP contribution in [0.4, 0.5) is 5.82 Å². The number of nitrogens with zero attached hydrogens (tertiary/aromatic N) is 5. The third-order valence-electron chi connectivity index (χ3n) is 4.17. The molecule has 30 heavy (non-hydrogen) atoms. The van der Waals surface area contributed by atoms with Gasteiger partial charge in [0.2, 0.25) is 0 Å². The van der Waals surface area contributed by atoms with Crippen LogP contribution in [0.25, 0.3) is 11.0 Å². The predicted octanol–water partition coefficient (Wildman–Crippen LogP) is 2.68. The summed E-state index contributed by atoms with van der Waals surface area (Å²) in [5, 5.41) is 15.6. The molecule has 9 nitrogen and oxygen atoms in total. The van der Waals surface area contributed by atoms with E-state index in [2.05, 4.69) is 36.0 Å². The van der Waals surface area contributed by atoms with E-state index in [0.717, 1.165) is 22.6 Å². The highest BCUT2D eigenvalue weighted by Crippen LogP contribution is 2.17. The van der Waals surface area contributed by atoms with E-state index in [1.165, 1.54) is 6.33 Å². The molecule has 2 aromatic heterocycles. The van der Waals surface area contributed by atoms with Crippen molar-refractivity contribution in [1.82, 2.24) is 30.4 Å². The first-order chi connectivity index (χ1) is 14.1. The van der Waals surface area contributed by atoms with Gasteiger partial charge in [0.25, 0.3) is 0 Å². The normalized spacial score (nSPS) is 12.2. The van der Waals surface area contributed by atoms with Gasteiger partial charge in [0.15, 0.2) is 11.6 Å². The molecule has 0 aliphatic carbocycles. The van der Waals surface area contributed by atoms with E-state index in [0.29, 0.717) is 30.6 Å². The standard InChI is InChI=1S/C19H25ClN8O.HI/c1-13(29-15-6-4-14(20)5-7-15)10-24-19(21-2)23-9-8-22-17-16-11-27-28(3)18(16)26-12-25-17;/h4-7,11-13H,8-10H2,1-3H3,(H2,21,23,24)(H,22,25,26);1H. The fourth-order valence-electron chi connectivity index (χ4n) is 2.71. The number of ether oxygens (including phenoxy) is 1. The van der Waals surface area contributed by atoms with Gasteiger partial charge in [-0.25, -0.2) is 9.97 Å². The molecule has 3 rings (SSSR count). The van der Waals surface area contributed by atoms with Crippen LogP contribution in [0.5, 0.6) is 5.75 Å². The van der Waals surface area contributed by atoms with Gasteiger partial charge < -0.3 is 20.7 Å². The van der Waals surface area contributed by atoms with E-state index in [4.69, 9.17) is 16.3 Å². The van der Waals surface area contributed by atoms with Crippen molar-refractivity contribution in [1.29, 1.82) is 0 Å². The topological polar surface area (TPSA) is 101 Å². The fourth-order valence-corrected chi connectivity index (χ4v) is 2.84. The van der Waals surface area contributed by atoms with E-state index in [1.54, 1.807) is 30.1 Å².